The van der Waals surface area contributed by atoms with Crippen LogP contribution in [0.4, 0.5) is 0 Å². The molecular weight excluding hydrogens is 240 g/mol. The molecule has 1 aromatic rings. The smallest absolute Gasteiger partial charge is 0.144 e. The quantitative estimate of drug-likeness (QED) is 0.232. The molecule has 0 fully saturated rings. The van der Waals surface area contributed by atoms with Gasteiger partial charge in [-0.2, -0.15) is 0 Å². The van der Waals surface area contributed by atoms with Crippen molar-refractivity contribution in [2.45, 2.75) is 39.7 Å². The van der Waals surface area contributed by atoms with Crippen LogP contribution in [0.5, 0.6) is 0 Å². The summed E-state index contributed by atoms with van der Waals surface area (Å²) in [5.74, 6) is 0.285. The number of aromatic nitrogens is 1. The summed E-state index contributed by atoms with van der Waals surface area (Å²) in [5, 5.41) is 15.2. The van der Waals surface area contributed by atoms with Gasteiger partial charge in [0.15, 0.2) is 0 Å². The molecule has 0 aliphatic rings. The molecule has 1 aromatic heterocycles. The summed E-state index contributed by atoms with van der Waals surface area (Å²) in [7, 11) is 0. The van der Waals surface area contributed by atoms with Gasteiger partial charge in [0.2, 0.25) is 0 Å². The maximum Gasteiger partial charge on any atom is 0.144 e. The number of nitrogens with zero attached hydrogens (tertiary/aromatic N) is 2. The lowest BCUT2D eigenvalue weighted by Gasteiger charge is -2.23. The minimum Gasteiger partial charge on any atom is -0.409 e. The van der Waals surface area contributed by atoms with Crippen molar-refractivity contribution in [3.05, 3.63) is 30.1 Å². The van der Waals surface area contributed by atoms with Gasteiger partial charge in [-0.15, -0.1) is 0 Å². The third kappa shape index (κ3) is 4.87. The van der Waals surface area contributed by atoms with Crippen LogP contribution in [0, 0.1) is 5.41 Å². The Hall–Kier alpha value is -1.62. The highest BCUT2D eigenvalue weighted by atomic mass is 16.4. The lowest BCUT2D eigenvalue weighted by Crippen LogP contribution is -2.32. The van der Waals surface area contributed by atoms with Gasteiger partial charge in [0.05, 0.1) is 0 Å². The Balaban J connectivity index is 2.32. The molecule has 0 saturated carbocycles. The van der Waals surface area contributed by atoms with E-state index < -0.39 is 0 Å². The van der Waals surface area contributed by atoms with Crippen LogP contribution in [0.25, 0.3) is 0 Å². The van der Waals surface area contributed by atoms with E-state index in [9.17, 15) is 0 Å². The van der Waals surface area contributed by atoms with Crippen LogP contribution in [0.2, 0.25) is 0 Å². The molecule has 106 valence electrons. The molecule has 5 heteroatoms. The Morgan fingerprint density at radius 2 is 2.32 bits per heavy atom. The molecule has 0 amide bonds. The lowest BCUT2D eigenvalue weighted by atomic mass is 9.86. The van der Waals surface area contributed by atoms with E-state index in [4.69, 9.17) is 10.9 Å². The van der Waals surface area contributed by atoms with Crippen molar-refractivity contribution in [3.8, 4) is 0 Å². The maximum absolute atomic E-state index is 8.70. The van der Waals surface area contributed by atoms with Gasteiger partial charge in [-0.3, -0.25) is 4.98 Å². The first kappa shape index (κ1) is 15.4. The van der Waals surface area contributed by atoms with Crippen molar-refractivity contribution in [1.29, 1.82) is 0 Å². The van der Waals surface area contributed by atoms with Gasteiger partial charge < -0.3 is 16.3 Å². The van der Waals surface area contributed by atoms with E-state index in [1.807, 2.05) is 26.1 Å². The Labute approximate surface area is 114 Å². The summed E-state index contributed by atoms with van der Waals surface area (Å²) in [6.45, 7) is 6.96. The van der Waals surface area contributed by atoms with Crippen LogP contribution in [0.3, 0.4) is 0 Å². The van der Waals surface area contributed by atoms with Crippen molar-refractivity contribution in [3.63, 3.8) is 0 Å². The molecule has 1 rings (SSSR count). The summed E-state index contributed by atoms with van der Waals surface area (Å²) >= 11 is 0. The second kappa shape index (κ2) is 7.09. The first-order valence-electron chi connectivity index (χ1n) is 6.58. The van der Waals surface area contributed by atoms with Gasteiger partial charge in [0, 0.05) is 23.9 Å². The van der Waals surface area contributed by atoms with E-state index in [1.54, 1.807) is 6.20 Å². The lowest BCUT2D eigenvalue weighted by molar-refractivity contribution is 0.304. The van der Waals surface area contributed by atoms with Gasteiger partial charge in [-0.25, -0.2) is 0 Å². The number of nitrogens with one attached hydrogen (secondary N) is 1. The van der Waals surface area contributed by atoms with Crippen molar-refractivity contribution < 1.29 is 5.21 Å². The third-order valence-corrected chi connectivity index (χ3v) is 3.41. The fourth-order valence-electron chi connectivity index (χ4n) is 1.86. The first-order valence-corrected chi connectivity index (χ1v) is 6.58. The van der Waals surface area contributed by atoms with E-state index in [0.29, 0.717) is 0 Å². The number of hydrogen-bond acceptors (Lipinski definition) is 4. The average molecular weight is 264 g/mol. The summed E-state index contributed by atoms with van der Waals surface area (Å²) in [6.07, 6.45) is 5.48. The molecule has 1 atom stereocenters. The van der Waals surface area contributed by atoms with E-state index in [0.717, 1.165) is 19.4 Å². The molecule has 0 bridgehead atoms. The topological polar surface area (TPSA) is 83.5 Å². The van der Waals surface area contributed by atoms with Crippen LogP contribution in [-0.2, 0) is 0 Å². The standard InChI is InChI=1S/C14H24N4O/c1-11(12-6-4-8-16-10-12)17-9-5-7-14(2,3)13(15)18-19/h4,6,8,10-11,17,19H,5,7,9H2,1-3H3,(H2,15,18). The van der Waals surface area contributed by atoms with Gasteiger partial charge in [-0.05, 0) is 37.9 Å². The van der Waals surface area contributed by atoms with Gasteiger partial charge in [0.1, 0.15) is 5.84 Å². The van der Waals surface area contributed by atoms with E-state index in [-0.39, 0.29) is 17.3 Å². The molecule has 0 aliphatic carbocycles. The first-order chi connectivity index (χ1) is 8.97. The summed E-state index contributed by atoms with van der Waals surface area (Å²) in [6, 6.07) is 4.28. The Morgan fingerprint density at radius 3 is 2.89 bits per heavy atom. The highest BCUT2D eigenvalue weighted by molar-refractivity contribution is 5.85. The van der Waals surface area contributed by atoms with Crippen molar-refractivity contribution in [1.82, 2.24) is 10.3 Å². The molecule has 0 radical (unpaired) electrons. The van der Waals surface area contributed by atoms with Crippen LogP contribution in [0.1, 0.15) is 45.2 Å². The van der Waals surface area contributed by atoms with E-state index in [1.165, 1.54) is 5.56 Å². The molecule has 0 aliphatic heterocycles. The minimum absolute atomic E-state index is 0.270. The molecule has 1 unspecified atom stereocenters. The number of hydrogen-bond donors (Lipinski definition) is 3. The second-order valence-corrected chi connectivity index (χ2v) is 5.43. The molecule has 19 heavy (non-hydrogen) atoms. The van der Waals surface area contributed by atoms with Crippen molar-refractivity contribution in [2.75, 3.05) is 6.54 Å². The number of oxime groups is 1. The number of nitrogens with two attached hydrogens (primary N) is 1. The Morgan fingerprint density at radius 1 is 1.58 bits per heavy atom. The minimum atomic E-state index is -0.270. The van der Waals surface area contributed by atoms with E-state index >= 15 is 0 Å². The zero-order valence-corrected chi connectivity index (χ0v) is 11.9. The van der Waals surface area contributed by atoms with Gasteiger partial charge >= 0.3 is 0 Å². The summed E-state index contributed by atoms with van der Waals surface area (Å²) in [5.41, 5.74) is 6.56. The van der Waals surface area contributed by atoms with Gasteiger partial charge in [-0.1, -0.05) is 25.1 Å². The normalized spacial score (nSPS) is 14.4. The van der Waals surface area contributed by atoms with Crippen LogP contribution >= 0.6 is 0 Å². The van der Waals surface area contributed by atoms with Gasteiger partial charge in [0.25, 0.3) is 0 Å². The predicted octanol–water partition coefficient (Wildman–Crippen LogP) is 2.29. The molecule has 0 saturated heterocycles. The number of rotatable bonds is 7. The fourth-order valence-corrected chi connectivity index (χ4v) is 1.86. The summed E-state index contributed by atoms with van der Waals surface area (Å²) < 4.78 is 0. The molecule has 1 heterocycles. The zero-order chi connectivity index (χ0) is 14.3. The van der Waals surface area contributed by atoms with Crippen LogP contribution < -0.4 is 11.1 Å². The van der Waals surface area contributed by atoms with Crippen LogP contribution in [0.15, 0.2) is 29.7 Å². The molecule has 4 N–H and O–H groups in total. The van der Waals surface area contributed by atoms with E-state index in [2.05, 4.69) is 28.4 Å². The van der Waals surface area contributed by atoms with Crippen molar-refractivity contribution in [2.24, 2.45) is 16.3 Å². The molecular formula is C14H24N4O. The number of amidine groups is 1. The maximum atomic E-state index is 8.70. The molecule has 5 nitrogen and oxygen atoms in total. The Kier molecular flexibility index (Phi) is 5.76. The number of pyridine rings is 1. The highest BCUT2D eigenvalue weighted by Gasteiger charge is 2.22. The van der Waals surface area contributed by atoms with Crippen LogP contribution in [-0.4, -0.2) is 22.6 Å². The second-order valence-electron chi connectivity index (χ2n) is 5.43. The Bertz CT molecular complexity index is 403. The average Bonchev–Trinajstić information content (AvgIpc) is 2.43. The highest BCUT2D eigenvalue weighted by Crippen LogP contribution is 2.22. The van der Waals surface area contributed by atoms with Crippen molar-refractivity contribution >= 4 is 5.84 Å². The zero-order valence-electron chi connectivity index (χ0n) is 11.9. The fraction of sp³-hybridized carbons (Fsp3) is 0.571. The SMILES string of the molecule is CC(NCCCC(C)(C)C(N)=NO)c1cccnc1. The molecule has 0 spiro atoms. The molecule has 0 aromatic carbocycles. The largest absolute Gasteiger partial charge is 0.409 e. The summed E-state index contributed by atoms with van der Waals surface area (Å²) in [4.78, 5) is 4.11. The predicted molar refractivity (Wildman–Crippen MR) is 77.1 cm³/mol. The third-order valence-electron chi connectivity index (χ3n) is 3.41. The monoisotopic (exact) mass is 264 g/mol.